The van der Waals surface area contributed by atoms with Crippen molar-refractivity contribution in [2.24, 2.45) is 16.3 Å². The molecule has 0 unspecified atom stereocenters. The highest BCUT2D eigenvalue weighted by Crippen LogP contribution is 2.37. The molecule has 1 saturated carbocycles. The molecule has 2 aromatic heterocycles. The quantitative estimate of drug-likeness (QED) is 0.607. The summed E-state index contributed by atoms with van der Waals surface area (Å²) >= 11 is 0. The van der Waals surface area contributed by atoms with Crippen LogP contribution < -0.4 is 10.6 Å². The number of nitrogens with one attached hydrogen (secondary N) is 3. The molecule has 4 rings (SSSR count). The van der Waals surface area contributed by atoms with Crippen LogP contribution in [0.15, 0.2) is 35.2 Å². The molecule has 2 aliphatic rings. The van der Waals surface area contributed by atoms with Crippen molar-refractivity contribution >= 4 is 53.8 Å². The molecular weight excluding hydrogens is 409 g/mol. The maximum absolute atomic E-state index is 12.3. The molecule has 0 bridgehead atoms. The van der Waals surface area contributed by atoms with Crippen molar-refractivity contribution in [3.8, 4) is 0 Å². The molecule has 0 atom stereocenters. The van der Waals surface area contributed by atoms with Gasteiger partial charge in [0.2, 0.25) is 5.96 Å². The Balaban J connectivity index is 0.00000150. The smallest absolute Gasteiger partial charge is 0.276 e. The first-order valence-corrected chi connectivity index (χ1v) is 9.70. The second-order valence-electron chi connectivity index (χ2n) is 8.65. The van der Waals surface area contributed by atoms with Crippen LogP contribution in [-0.4, -0.2) is 27.9 Å². The Morgan fingerprint density at radius 1 is 1.17 bits per heavy atom. The number of fused-ring (bicyclic) bond motifs is 1. The lowest BCUT2D eigenvalue weighted by Gasteiger charge is -2.37. The van der Waals surface area contributed by atoms with Gasteiger partial charge in [-0.2, -0.15) is 0 Å². The molecule has 3 N–H and O–H groups in total. The number of guanidine groups is 1. The summed E-state index contributed by atoms with van der Waals surface area (Å²) in [5, 5.41) is 7.26. The van der Waals surface area contributed by atoms with Crippen LogP contribution in [0.3, 0.4) is 0 Å². The van der Waals surface area contributed by atoms with Crippen LogP contribution in [0.1, 0.15) is 52.0 Å². The fraction of sp³-hybridized carbons (Fsp3) is 0.476. The summed E-state index contributed by atoms with van der Waals surface area (Å²) in [6.07, 6.45) is 10.1. The lowest BCUT2D eigenvalue weighted by Crippen LogP contribution is -2.44. The maximum atomic E-state index is 12.3. The summed E-state index contributed by atoms with van der Waals surface area (Å²) in [6.45, 7) is 6.97. The lowest BCUT2D eigenvalue weighted by molar-refractivity contribution is -0.115. The van der Waals surface area contributed by atoms with E-state index in [2.05, 4.69) is 46.4 Å². The predicted octanol–water partition coefficient (Wildman–Crippen LogP) is 4.43. The Hall–Kier alpha value is -2.05. The Morgan fingerprint density at radius 2 is 1.90 bits per heavy atom. The van der Waals surface area contributed by atoms with Crippen molar-refractivity contribution in [3.05, 3.63) is 35.8 Å². The van der Waals surface area contributed by atoms with Gasteiger partial charge in [0.1, 0.15) is 11.3 Å². The standard InChI is InChI=1S/C21H27N5O.2ClH/c1-21(2,3)14-6-8-15(9-7-14)24-20-25-17(19(27)26-20)11-13-12-23-18-16(13)5-4-10-22-18;;/h4-5,10-12,14-15H,6-9H2,1-3H3,(H,22,23)(H2,24,25,26,27);2*1H. The summed E-state index contributed by atoms with van der Waals surface area (Å²) in [6, 6.07) is 4.24. The van der Waals surface area contributed by atoms with Crippen molar-refractivity contribution in [2.75, 3.05) is 0 Å². The second-order valence-corrected chi connectivity index (χ2v) is 8.65. The zero-order chi connectivity index (χ0) is 19.0. The number of carbonyl (C=O) groups excluding carboxylic acids is 1. The van der Waals surface area contributed by atoms with Gasteiger partial charge in [0.05, 0.1) is 0 Å². The minimum atomic E-state index is -0.167. The van der Waals surface area contributed by atoms with Crippen molar-refractivity contribution < 1.29 is 4.79 Å². The first kappa shape index (κ1) is 23.2. The van der Waals surface area contributed by atoms with Gasteiger partial charge in [0.25, 0.3) is 5.91 Å². The number of rotatable bonds is 2. The Labute approximate surface area is 183 Å². The van der Waals surface area contributed by atoms with E-state index in [9.17, 15) is 4.79 Å². The normalized spacial score (nSPS) is 23.2. The van der Waals surface area contributed by atoms with E-state index in [1.807, 2.05) is 18.3 Å². The molecule has 1 fully saturated rings. The largest absolute Gasteiger partial charge is 0.353 e. The Kier molecular flexibility index (Phi) is 7.35. The third-order valence-corrected chi connectivity index (χ3v) is 5.76. The molecule has 1 amide bonds. The van der Waals surface area contributed by atoms with E-state index < -0.39 is 0 Å². The van der Waals surface area contributed by atoms with Gasteiger partial charge in [-0.3, -0.25) is 10.1 Å². The summed E-state index contributed by atoms with van der Waals surface area (Å²) in [4.78, 5) is 24.2. The monoisotopic (exact) mass is 437 g/mol. The molecule has 158 valence electrons. The molecule has 1 aliphatic carbocycles. The first-order chi connectivity index (χ1) is 12.9. The number of hydrogen-bond donors (Lipinski definition) is 3. The van der Waals surface area contributed by atoms with Crippen molar-refractivity contribution in [1.29, 1.82) is 0 Å². The number of aliphatic imine (C=N–C) groups is 1. The summed E-state index contributed by atoms with van der Waals surface area (Å²) < 4.78 is 0. The first-order valence-electron chi connectivity index (χ1n) is 9.70. The fourth-order valence-electron chi connectivity index (χ4n) is 4.08. The van der Waals surface area contributed by atoms with Crippen LogP contribution in [0.5, 0.6) is 0 Å². The fourth-order valence-corrected chi connectivity index (χ4v) is 4.08. The van der Waals surface area contributed by atoms with Crippen LogP contribution in [0.4, 0.5) is 0 Å². The summed E-state index contributed by atoms with van der Waals surface area (Å²) in [5.41, 5.74) is 2.51. The summed E-state index contributed by atoms with van der Waals surface area (Å²) in [5.74, 6) is 1.17. The van der Waals surface area contributed by atoms with Gasteiger partial charge in [-0.25, -0.2) is 9.98 Å². The van der Waals surface area contributed by atoms with E-state index in [1.165, 1.54) is 12.8 Å². The van der Waals surface area contributed by atoms with Crippen LogP contribution in [0, 0.1) is 11.3 Å². The van der Waals surface area contributed by atoms with Crippen molar-refractivity contribution in [2.45, 2.75) is 52.5 Å². The van der Waals surface area contributed by atoms with Crippen molar-refractivity contribution in [3.63, 3.8) is 0 Å². The van der Waals surface area contributed by atoms with E-state index in [4.69, 9.17) is 0 Å². The molecule has 2 aromatic rings. The molecule has 8 heteroatoms. The van der Waals surface area contributed by atoms with Crippen LogP contribution in [-0.2, 0) is 4.79 Å². The lowest BCUT2D eigenvalue weighted by atomic mass is 9.71. The zero-order valence-corrected chi connectivity index (χ0v) is 18.6. The number of aromatic amines is 1. The van der Waals surface area contributed by atoms with Gasteiger partial charge in [0, 0.05) is 29.4 Å². The van der Waals surface area contributed by atoms with E-state index in [0.717, 1.165) is 35.4 Å². The van der Waals surface area contributed by atoms with Gasteiger partial charge in [-0.05, 0) is 55.2 Å². The molecule has 1 aliphatic heterocycles. The molecule has 0 aromatic carbocycles. The number of nitrogens with zero attached hydrogens (tertiary/aromatic N) is 2. The van der Waals surface area contributed by atoms with Gasteiger partial charge in [0.15, 0.2) is 0 Å². The van der Waals surface area contributed by atoms with Crippen LogP contribution >= 0.6 is 24.8 Å². The maximum Gasteiger partial charge on any atom is 0.276 e. The van der Waals surface area contributed by atoms with Crippen LogP contribution in [0.25, 0.3) is 17.1 Å². The number of halogens is 2. The number of carbonyl (C=O) groups is 1. The highest BCUT2D eigenvalue weighted by molar-refractivity contribution is 6.14. The number of hydrogen-bond acceptors (Lipinski definition) is 4. The highest BCUT2D eigenvalue weighted by Gasteiger charge is 2.31. The molecule has 29 heavy (non-hydrogen) atoms. The van der Waals surface area contributed by atoms with Gasteiger partial charge < -0.3 is 10.3 Å². The molecule has 3 heterocycles. The third kappa shape index (κ3) is 5.11. The average molecular weight is 438 g/mol. The Bertz CT molecular complexity index is 921. The van der Waals surface area contributed by atoms with Gasteiger partial charge in [-0.1, -0.05) is 20.8 Å². The number of H-pyrrole nitrogens is 1. The number of amides is 1. The van der Waals surface area contributed by atoms with E-state index >= 15 is 0 Å². The third-order valence-electron chi connectivity index (χ3n) is 5.76. The molecule has 0 spiro atoms. The minimum absolute atomic E-state index is 0. The zero-order valence-electron chi connectivity index (χ0n) is 17.0. The Morgan fingerprint density at radius 3 is 2.59 bits per heavy atom. The minimum Gasteiger partial charge on any atom is -0.353 e. The topological polar surface area (TPSA) is 82.2 Å². The van der Waals surface area contributed by atoms with Gasteiger partial charge in [-0.15, -0.1) is 24.8 Å². The van der Waals surface area contributed by atoms with E-state index in [-0.39, 0.29) is 30.7 Å². The number of pyridine rings is 1. The number of aromatic nitrogens is 2. The highest BCUT2D eigenvalue weighted by atomic mass is 35.5. The van der Waals surface area contributed by atoms with E-state index in [1.54, 1.807) is 12.3 Å². The van der Waals surface area contributed by atoms with E-state index in [0.29, 0.717) is 23.1 Å². The summed E-state index contributed by atoms with van der Waals surface area (Å²) in [7, 11) is 0. The predicted molar refractivity (Wildman–Crippen MR) is 122 cm³/mol. The molecule has 0 saturated heterocycles. The second kappa shape index (κ2) is 9.18. The molecular formula is C21H29Cl2N5O. The molecule has 6 nitrogen and oxygen atoms in total. The van der Waals surface area contributed by atoms with Gasteiger partial charge >= 0.3 is 0 Å². The average Bonchev–Trinajstić information content (AvgIpc) is 3.19. The van der Waals surface area contributed by atoms with Crippen molar-refractivity contribution in [1.82, 2.24) is 20.6 Å². The van der Waals surface area contributed by atoms with Crippen LogP contribution in [0.2, 0.25) is 0 Å². The molecule has 0 radical (unpaired) electrons. The SMILES string of the molecule is CC(C)(C)C1CCC(NC2=NC(=Cc3c[nH]c4ncccc34)C(=O)N2)CC1.Cl.Cl.